The van der Waals surface area contributed by atoms with Gasteiger partial charge in [-0.2, -0.15) is 0 Å². The van der Waals surface area contributed by atoms with E-state index < -0.39 is 0 Å². The normalized spacial score (nSPS) is 18.8. The average Bonchev–Trinajstić information content (AvgIpc) is 2.39. The summed E-state index contributed by atoms with van der Waals surface area (Å²) in [6.45, 7) is 2.64. The molecule has 1 fully saturated rings. The lowest BCUT2D eigenvalue weighted by atomic mass is 9.85. The molecule has 2 N–H and O–H groups in total. The summed E-state index contributed by atoms with van der Waals surface area (Å²) in [5, 5.41) is 0. The first-order chi connectivity index (χ1) is 8.78. The predicted molar refractivity (Wildman–Crippen MR) is 78.6 cm³/mol. The van der Waals surface area contributed by atoms with Gasteiger partial charge >= 0.3 is 0 Å². The summed E-state index contributed by atoms with van der Waals surface area (Å²) in [5.74, 6) is 1.40. The van der Waals surface area contributed by atoms with Gasteiger partial charge in [-0.05, 0) is 61.8 Å². The van der Waals surface area contributed by atoms with Crippen LogP contribution in [0.2, 0.25) is 0 Å². The highest BCUT2D eigenvalue weighted by Gasteiger charge is 2.18. The standard InChI is InChI=1S/C15H22BrNO/c16-15-3-1-2-13(10-15)9-14(11-17)8-12-4-6-18-7-5-12/h1-3,10,12,14H,4-9,11,17H2. The smallest absolute Gasteiger partial charge is 0.0468 e. The number of ether oxygens (including phenoxy) is 1. The second-order valence-electron chi connectivity index (χ2n) is 5.23. The molecule has 3 heteroatoms. The van der Waals surface area contributed by atoms with Crippen LogP contribution in [0.4, 0.5) is 0 Å². The fraction of sp³-hybridized carbons (Fsp3) is 0.600. The summed E-state index contributed by atoms with van der Waals surface area (Å²) >= 11 is 3.52. The molecular formula is C15H22BrNO. The molecule has 0 saturated carbocycles. The third-order valence-electron chi connectivity index (χ3n) is 3.75. The molecule has 1 atom stereocenters. The first-order valence-electron chi connectivity index (χ1n) is 6.80. The number of nitrogens with two attached hydrogens (primary N) is 1. The average molecular weight is 312 g/mol. The zero-order valence-corrected chi connectivity index (χ0v) is 12.4. The van der Waals surface area contributed by atoms with Crippen LogP contribution in [-0.2, 0) is 11.2 Å². The van der Waals surface area contributed by atoms with Gasteiger partial charge in [-0.1, -0.05) is 28.1 Å². The topological polar surface area (TPSA) is 35.2 Å². The SMILES string of the molecule is NCC(Cc1cccc(Br)c1)CC1CCOCC1. The van der Waals surface area contributed by atoms with Crippen LogP contribution >= 0.6 is 15.9 Å². The largest absolute Gasteiger partial charge is 0.381 e. The van der Waals surface area contributed by atoms with Gasteiger partial charge in [0.2, 0.25) is 0 Å². The van der Waals surface area contributed by atoms with E-state index in [0.29, 0.717) is 5.92 Å². The van der Waals surface area contributed by atoms with Gasteiger partial charge in [0.05, 0.1) is 0 Å². The molecule has 1 unspecified atom stereocenters. The number of halogens is 1. The quantitative estimate of drug-likeness (QED) is 0.904. The van der Waals surface area contributed by atoms with E-state index in [1.165, 1.54) is 24.8 Å². The first kappa shape index (κ1) is 14.0. The molecule has 1 aliphatic rings. The molecule has 0 aliphatic carbocycles. The highest BCUT2D eigenvalue weighted by Crippen LogP contribution is 2.25. The molecule has 100 valence electrons. The van der Waals surface area contributed by atoms with E-state index in [2.05, 4.69) is 40.2 Å². The van der Waals surface area contributed by atoms with Crippen LogP contribution in [0.1, 0.15) is 24.8 Å². The fourth-order valence-electron chi connectivity index (χ4n) is 2.71. The Balaban J connectivity index is 1.88. The van der Waals surface area contributed by atoms with Crippen molar-refractivity contribution in [3.8, 4) is 0 Å². The van der Waals surface area contributed by atoms with Gasteiger partial charge in [-0.25, -0.2) is 0 Å². The summed E-state index contributed by atoms with van der Waals surface area (Å²) in [6.07, 6.45) is 4.74. The first-order valence-corrected chi connectivity index (χ1v) is 7.59. The predicted octanol–water partition coefficient (Wildman–Crippen LogP) is 3.38. The van der Waals surface area contributed by atoms with Gasteiger partial charge in [0.1, 0.15) is 0 Å². The van der Waals surface area contributed by atoms with E-state index in [1.54, 1.807) is 0 Å². The minimum Gasteiger partial charge on any atom is -0.381 e. The van der Waals surface area contributed by atoms with E-state index in [0.717, 1.165) is 36.6 Å². The van der Waals surface area contributed by atoms with Gasteiger partial charge in [0, 0.05) is 17.7 Å². The Labute approximate surface area is 118 Å². The van der Waals surface area contributed by atoms with Crippen molar-refractivity contribution in [3.05, 3.63) is 34.3 Å². The Hall–Kier alpha value is -0.380. The third kappa shape index (κ3) is 4.38. The van der Waals surface area contributed by atoms with Crippen molar-refractivity contribution in [2.45, 2.75) is 25.7 Å². The summed E-state index contributed by atoms with van der Waals surface area (Å²) in [4.78, 5) is 0. The molecule has 0 bridgehead atoms. The summed E-state index contributed by atoms with van der Waals surface area (Å²) in [5.41, 5.74) is 7.31. The molecular weight excluding hydrogens is 290 g/mol. The lowest BCUT2D eigenvalue weighted by Gasteiger charge is -2.26. The molecule has 18 heavy (non-hydrogen) atoms. The Morgan fingerprint density at radius 1 is 1.33 bits per heavy atom. The number of rotatable bonds is 5. The number of hydrogen-bond donors (Lipinski definition) is 1. The van der Waals surface area contributed by atoms with Gasteiger partial charge in [0.15, 0.2) is 0 Å². The molecule has 1 aliphatic heterocycles. The van der Waals surface area contributed by atoms with Crippen molar-refractivity contribution < 1.29 is 4.74 Å². The van der Waals surface area contributed by atoms with Crippen LogP contribution in [0.15, 0.2) is 28.7 Å². The maximum absolute atomic E-state index is 5.93. The maximum atomic E-state index is 5.93. The van der Waals surface area contributed by atoms with Crippen molar-refractivity contribution in [2.24, 2.45) is 17.6 Å². The Morgan fingerprint density at radius 2 is 2.11 bits per heavy atom. The Morgan fingerprint density at radius 3 is 2.78 bits per heavy atom. The lowest BCUT2D eigenvalue weighted by molar-refractivity contribution is 0.0589. The van der Waals surface area contributed by atoms with Crippen LogP contribution in [0, 0.1) is 11.8 Å². The van der Waals surface area contributed by atoms with E-state index >= 15 is 0 Å². The fourth-order valence-corrected chi connectivity index (χ4v) is 3.16. The van der Waals surface area contributed by atoms with E-state index in [1.807, 2.05) is 0 Å². The minimum atomic E-state index is 0.599. The Bertz CT molecular complexity index is 363. The summed E-state index contributed by atoms with van der Waals surface area (Å²) < 4.78 is 6.57. The molecule has 0 aromatic heterocycles. The minimum absolute atomic E-state index is 0.599. The van der Waals surface area contributed by atoms with Crippen LogP contribution in [0.5, 0.6) is 0 Å². The number of hydrogen-bond acceptors (Lipinski definition) is 2. The zero-order chi connectivity index (χ0) is 12.8. The van der Waals surface area contributed by atoms with Crippen molar-refractivity contribution in [3.63, 3.8) is 0 Å². The van der Waals surface area contributed by atoms with Gasteiger partial charge in [-0.3, -0.25) is 0 Å². The lowest BCUT2D eigenvalue weighted by Crippen LogP contribution is -2.24. The zero-order valence-electron chi connectivity index (χ0n) is 10.8. The van der Waals surface area contributed by atoms with Crippen LogP contribution in [0.3, 0.4) is 0 Å². The van der Waals surface area contributed by atoms with Crippen molar-refractivity contribution in [2.75, 3.05) is 19.8 Å². The second kappa shape index (κ2) is 7.27. The molecule has 2 nitrogen and oxygen atoms in total. The molecule has 0 spiro atoms. The molecule has 0 radical (unpaired) electrons. The van der Waals surface area contributed by atoms with E-state index in [9.17, 15) is 0 Å². The summed E-state index contributed by atoms with van der Waals surface area (Å²) in [6, 6.07) is 8.56. The van der Waals surface area contributed by atoms with Gasteiger partial charge in [-0.15, -0.1) is 0 Å². The van der Waals surface area contributed by atoms with Crippen LogP contribution < -0.4 is 5.73 Å². The highest BCUT2D eigenvalue weighted by molar-refractivity contribution is 9.10. The van der Waals surface area contributed by atoms with E-state index in [-0.39, 0.29) is 0 Å². The molecule has 1 heterocycles. The van der Waals surface area contributed by atoms with Crippen LogP contribution in [-0.4, -0.2) is 19.8 Å². The monoisotopic (exact) mass is 311 g/mol. The van der Waals surface area contributed by atoms with Crippen LogP contribution in [0.25, 0.3) is 0 Å². The third-order valence-corrected chi connectivity index (χ3v) is 4.25. The maximum Gasteiger partial charge on any atom is 0.0468 e. The number of benzene rings is 1. The second-order valence-corrected chi connectivity index (χ2v) is 6.14. The van der Waals surface area contributed by atoms with Crippen molar-refractivity contribution in [1.82, 2.24) is 0 Å². The Kier molecular flexibility index (Phi) is 5.67. The molecule has 0 amide bonds. The van der Waals surface area contributed by atoms with Crippen molar-refractivity contribution >= 4 is 15.9 Å². The molecule has 2 rings (SSSR count). The molecule has 1 aromatic carbocycles. The molecule has 1 aromatic rings. The summed E-state index contributed by atoms with van der Waals surface area (Å²) in [7, 11) is 0. The molecule has 1 saturated heterocycles. The van der Waals surface area contributed by atoms with Gasteiger partial charge in [0.25, 0.3) is 0 Å². The van der Waals surface area contributed by atoms with Gasteiger partial charge < -0.3 is 10.5 Å². The van der Waals surface area contributed by atoms with Crippen molar-refractivity contribution in [1.29, 1.82) is 0 Å². The highest BCUT2D eigenvalue weighted by atomic mass is 79.9. The van der Waals surface area contributed by atoms with E-state index in [4.69, 9.17) is 10.5 Å².